The van der Waals surface area contributed by atoms with E-state index in [1.165, 1.54) is 22.3 Å². The van der Waals surface area contributed by atoms with Crippen LogP contribution in [-0.4, -0.2) is 11.2 Å². The van der Waals surface area contributed by atoms with Gasteiger partial charge in [-0.25, -0.2) is 0 Å². The zero-order valence-electron chi connectivity index (χ0n) is 10.5. The van der Waals surface area contributed by atoms with E-state index in [1.807, 2.05) is 0 Å². The molecule has 0 spiro atoms. The number of benzene rings is 2. The van der Waals surface area contributed by atoms with Crippen molar-refractivity contribution in [3.8, 4) is 0 Å². The zero-order chi connectivity index (χ0) is 13.0. The predicted molar refractivity (Wildman–Crippen MR) is 72.2 cm³/mol. The molecular formula is C16H13ClHgO. The zero-order valence-corrected chi connectivity index (χ0v) is 16.7. The van der Waals surface area contributed by atoms with E-state index < -0.39 is 23.3 Å². The first-order chi connectivity index (χ1) is 9.33. The second-order valence-corrected chi connectivity index (χ2v) is 13.1. The fraction of sp³-hybridized carbons (Fsp3) is 0.250. The average Bonchev–Trinajstić information content (AvgIpc) is 2.47. The van der Waals surface area contributed by atoms with Gasteiger partial charge in [-0.3, -0.25) is 0 Å². The summed E-state index contributed by atoms with van der Waals surface area (Å²) in [6.45, 7) is 0. The van der Waals surface area contributed by atoms with E-state index in [0.29, 0.717) is 9.34 Å². The van der Waals surface area contributed by atoms with Crippen molar-refractivity contribution in [3.05, 3.63) is 70.8 Å². The van der Waals surface area contributed by atoms with Gasteiger partial charge in [0.2, 0.25) is 0 Å². The Morgan fingerprint density at radius 3 is 1.63 bits per heavy atom. The minimum absolute atomic E-state index is 0.140. The van der Waals surface area contributed by atoms with Gasteiger partial charge in [-0.2, -0.15) is 0 Å². The van der Waals surface area contributed by atoms with Crippen LogP contribution >= 0.6 is 8.25 Å². The molecule has 3 heteroatoms. The van der Waals surface area contributed by atoms with Gasteiger partial charge < -0.3 is 0 Å². The molecule has 0 heterocycles. The second kappa shape index (κ2) is 4.58. The number of hydrogen-bond acceptors (Lipinski definition) is 1. The van der Waals surface area contributed by atoms with Gasteiger partial charge in [-0.05, 0) is 0 Å². The van der Waals surface area contributed by atoms with Crippen LogP contribution in [-0.2, 0) is 23.3 Å². The third-order valence-corrected chi connectivity index (χ3v) is 12.9. The van der Waals surface area contributed by atoms with Gasteiger partial charge >= 0.3 is 129 Å². The Kier molecular flexibility index (Phi) is 2.98. The molecule has 92 valence electrons. The van der Waals surface area contributed by atoms with Crippen LogP contribution in [0.1, 0.15) is 34.1 Å². The van der Waals surface area contributed by atoms with Crippen LogP contribution in [0.5, 0.6) is 0 Å². The van der Waals surface area contributed by atoms with Crippen molar-refractivity contribution in [3.63, 3.8) is 0 Å². The Hall–Kier alpha value is -0.375. The Morgan fingerprint density at radius 1 is 0.789 bits per heavy atom. The minimum atomic E-state index is -1.53. The summed E-state index contributed by atoms with van der Waals surface area (Å²) >= 11 is -1.53. The van der Waals surface area contributed by atoms with Crippen LogP contribution in [0.25, 0.3) is 0 Å². The van der Waals surface area contributed by atoms with E-state index in [0.717, 1.165) is 0 Å². The molecule has 0 amide bonds. The Morgan fingerprint density at radius 2 is 1.21 bits per heavy atom. The fourth-order valence-corrected chi connectivity index (χ4v) is 11.5. The van der Waals surface area contributed by atoms with Gasteiger partial charge in [-0.15, -0.1) is 0 Å². The molecule has 2 bridgehead atoms. The van der Waals surface area contributed by atoms with Crippen LogP contribution < -0.4 is 0 Å². The molecule has 0 saturated heterocycles. The third-order valence-electron chi connectivity index (χ3n) is 4.72. The molecular weight excluding hydrogens is 444 g/mol. The number of hydrogen-bond donors (Lipinski definition) is 1. The summed E-state index contributed by atoms with van der Waals surface area (Å²) < 4.78 is 0.344. The summed E-state index contributed by atoms with van der Waals surface area (Å²) in [7, 11) is 6.36. The van der Waals surface area contributed by atoms with Crippen LogP contribution in [0.2, 0.25) is 3.43 Å². The van der Waals surface area contributed by atoms with Crippen LogP contribution in [0.3, 0.4) is 0 Å². The van der Waals surface area contributed by atoms with Crippen LogP contribution in [0, 0.1) is 0 Å². The Balaban J connectivity index is 2.03. The van der Waals surface area contributed by atoms with Gasteiger partial charge in [0.25, 0.3) is 0 Å². The first kappa shape index (κ1) is 12.4. The molecule has 2 aromatic carbocycles. The number of aliphatic hydroxyl groups excluding tert-OH is 1. The van der Waals surface area contributed by atoms with Crippen LogP contribution in [0.4, 0.5) is 0 Å². The SMILES string of the molecule is O[C@@H]1C2c3ccccc3C(c3ccccc32)[C@H]1[Hg][Cl]. The normalized spacial score (nSPS) is 30.4. The predicted octanol–water partition coefficient (Wildman–Crippen LogP) is 3.66. The molecule has 0 unspecified atom stereocenters. The number of rotatable bonds is 1. The molecule has 1 nitrogen and oxygen atoms in total. The first-order valence-electron chi connectivity index (χ1n) is 6.74. The fourth-order valence-electron chi connectivity index (χ4n) is 3.94. The summed E-state index contributed by atoms with van der Waals surface area (Å²) in [5.74, 6) is 0.479. The number of halogens is 1. The Labute approximate surface area is 128 Å². The molecule has 2 aromatic rings. The van der Waals surface area contributed by atoms with Gasteiger partial charge in [-0.1, -0.05) is 0 Å². The molecule has 0 radical (unpaired) electrons. The van der Waals surface area contributed by atoms with Crippen molar-refractivity contribution in [2.24, 2.45) is 0 Å². The number of fused-ring (bicyclic) bond motifs is 1. The third kappa shape index (κ3) is 1.61. The van der Waals surface area contributed by atoms with Gasteiger partial charge in [0.15, 0.2) is 0 Å². The van der Waals surface area contributed by atoms with E-state index in [9.17, 15) is 5.11 Å². The van der Waals surface area contributed by atoms with E-state index in [2.05, 4.69) is 48.5 Å². The van der Waals surface area contributed by atoms with Crippen molar-refractivity contribution >= 4 is 8.25 Å². The van der Waals surface area contributed by atoms with Crippen molar-refractivity contribution < 1.29 is 28.4 Å². The molecule has 0 aliphatic heterocycles. The molecule has 0 aromatic heterocycles. The second-order valence-electron chi connectivity index (χ2n) is 5.52. The quantitative estimate of drug-likeness (QED) is 0.649. The van der Waals surface area contributed by atoms with E-state index in [4.69, 9.17) is 8.25 Å². The van der Waals surface area contributed by atoms with E-state index in [-0.39, 0.29) is 12.0 Å². The average molecular weight is 457 g/mol. The standard InChI is InChI=1S/C16H13O.ClH.Hg/c17-15-9-14-10-5-1-3-7-12(10)16(15)13-8-4-2-6-11(13)14;;/h1-9,14-17H;1H;/q;;+1/p-1/t14?,15-,16?;;/m0../s1. The number of aliphatic hydroxyl groups is 1. The topological polar surface area (TPSA) is 20.2 Å². The van der Waals surface area contributed by atoms with Crippen molar-refractivity contribution in [2.45, 2.75) is 21.4 Å². The summed E-state index contributed by atoms with van der Waals surface area (Å²) in [6.07, 6.45) is -0.269. The van der Waals surface area contributed by atoms with Gasteiger partial charge in [0.05, 0.1) is 0 Å². The van der Waals surface area contributed by atoms with Gasteiger partial charge in [0.1, 0.15) is 0 Å². The molecule has 3 aliphatic carbocycles. The van der Waals surface area contributed by atoms with Crippen molar-refractivity contribution in [2.75, 3.05) is 0 Å². The van der Waals surface area contributed by atoms with E-state index in [1.54, 1.807) is 0 Å². The molecule has 2 atom stereocenters. The first-order valence-corrected chi connectivity index (χ1v) is 16.7. The van der Waals surface area contributed by atoms with E-state index >= 15 is 0 Å². The Bertz CT molecular complexity index is 595. The maximum absolute atomic E-state index is 10.7. The molecule has 0 fully saturated rings. The van der Waals surface area contributed by atoms with Gasteiger partial charge in [0, 0.05) is 0 Å². The monoisotopic (exact) mass is 458 g/mol. The summed E-state index contributed by atoms with van der Waals surface area (Å²) in [4.78, 5) is 0. The summed E-state index contributed by atoms with van der Waals surface area (Å²) in [5, 5.41) is 10.7. The molecule has 19 heavy (non-hydrogen) atoms. The summed E-state index contributed by atoms with van der Waals surface area (Å²) in [6, 6.07) is 17.2. The van der Waals surface area contributed by atoms with Crippen molar-refractivity contribution in [1.82, 2.24) is 0 Å². The molecule has 3 aliphatic rings. The molecule has 1 N–H and O–H groups in total. The van der Waals surface area contributed by atoms with Crippen LogP contribution in [0.15, 0.2) is 48.5 Å². The molecule has 0 saturated carbocycles. The summed E-state index contributed by atoms with van der Waals surface area (Å²) in [5.41, 5.74) is 5.44. The maximum atomic E-state index is 10.7. The van der Waals surface area contributed by atoms with Crippen molar-refractivity contribution in [1.29, 1.82) is 0 Å². The molecule has 5 rings (SSSR count).